The SMILES string of the molecule is O=C(N[C@H]1COc2cccnc2NC1=O)c1nn(Cc2ccccc2)cc1F. The number of halogens is 1. The van der Waals surface area contributed by atoms with Gasteiger partial charge in [-0.05, 0) is 17.7 Å². The average Bonchev–Trinajstić information content (AvgIpc) is 2.98. The first-order valence-electron chi connectivity index (χ1n) is 8.56. The molecule has 8 nitrogen and oxygen atoms in total. The van der Waals surface area contributed by atoms with Gasteiger partial charge in [0.15, 0.2) is 23.1 Å². The molecule has 2 aromatic heterocycles. The topological polar surface area (TPSA) is 98.1 Å². The van der Waals surface area contributed by atoms with Crippen molar-refractivity contribution in [1.29, 1.82) is 0 Å². The summed E-state index contributed by atoms with van der Waals surface area (Å²) in [7, 11) is 0. The summed E-state index contributed by atoms with van der Waals surface area (Å²) in [6.07, 6.45) is 2.65. The molecule has 1 aliphatic heterocycles. The summed E-state index contributed by atoms with van der Waals surface area (Å²) in [5, 5.41) is 9.03. The number of anilines is 1. The van der Waals surface area contributed by atoms with E-state index in [9.17, 15) is 14.0 Å². The summed E-state index contributed by atoms with van der Waals surface area (Å²) in [5.41, 5.74) is 0.530. The summed E-state index contributed by atoms with van der Waals surface area (Å²) < 4.78 is 21.1. The van der Waals surface area contributed by atoms with Crippen molar-refractivity contribution in [2.45, 2.75) is 12.6 Å². The van der Waals surface area contributed by atoms with Crippen molar-refractivity contribution in [2.75, 3.05) is 11.9 Å². The third kappa shape index (κ3) is 3.68. The molecule has 0 bridgehead atoms. The number of hydrogen-bond donors (Lipinski definition) is 2. The Kier molecular flexibility index (Phi) is 4.71. The molecule has 28 heavy (non-hydrogen) atoms. The van der Waals surface area contributed by atoms with Crippen LogP contribution in [0.1, 0.15) is 16.1 Å². The Labute approximate surface area is 159 Å². The Morgan fingerprint density at radius 2 is 2.11 bits per heavy atom. The van der Waals surface area contributed by atoms with E-state index >= 15 is 0 Å². The lowest BCUT2D eigenvalue weighted by Crippen LogP contribution is -2.46. The molecule has 2 N–H and O–H groups in total. The molecule has 0 unspecified atom stereocenters. The molecule has 1 aliphatic rings. The Morgan fingerprint density at radius 1 is 1.29 bits per heavy atom. The number of aromatic nitrogens is 3. The molecule has 4 rings (SSSR count). The predicted octanol–water partition coefficient (Wildman–Crippen LogP) is 1.59. The van der Waals surface area contributed by atoms with E-state index in [0.29, 0.717) is 12.3 Å². The number of nitrogens with zero attached hydrogens (tertiary/aromatic N) is 3. The van der Waals surface area contributed by atoms with Gasteiger partial charge in [0.1, 0.15) is 12.6 Å². The fraction of sp³-hybridized carbons (Fsp3) is 0.158. The monoisotopic (exact) mass is 381 g/mol. The van der Waals surface area contributed by atoms with E-state index in [2.05, 4.69) is 20.7 Å². The van der Waals surface area contributed by atoms with Crippen molar-refractivity contribution in [3.63, 3.8) is 0 Å². The lowest BCUT2D eigenvalue weighted by molar-refractivity contribution is -0.118. The first-order valence-corrected chi connectivity index (χ1v) is 8.56. The third-order valence-electron chi connectivity index (χ3n) is 4.16. The maximum atomic E-state index is 14.2. The highest BCUT2D eigenvalue weighted by Gasteiger charge is 2.29. The van der Waals surface area contributed by atoms with Crippen LogP contribution in [-0.4, -0.2) is 39.2 Å². The molecule has 3 heterocycles. The van der Waals surface area contributed by atoms with Gasteiger partial charge in [-0.15, -0.1) is 0 Å². The van der Waals surface area contributed by atoms with Gasteiger partial charge in [0.25, 0.3) is 11.8 Å². The van der Waals surface area contributed by atoms with Crippen LogP contribution in [0.3, 0.4) is 0 Å². The molecule has 0 saturated heterocycles. The molecule has 9 heteroatoms. The van der Waals surface area contributed by atoms with Crippen LogP contribution in [0, 0.1) is 5.82 Å². The highest BCUT2D eigenvalue weighted by Crippen LogP contribution is 2.23. The number of ether oxygens (including phenoxy) is 1. The molecule has 0 saturated carbocycles. The average molecular weight is 381 g/mol. The first-order chi connectivity index (χ1) is 13.6. The Balaban J connectivity index is 1.46. The lowest BCUT2D eigenvalue weighted by Gasteiger charge is -2.13. The summed E-state index contributed by atoms with van der Waals surface area (Å²) in [6, 6.07) is 11.6. The Morgan fingerprint density at radius 3 is 2.93 bits per heavy atom. The van der Waals surface area contributed by atoms with E-state index in [-0.39, 0.29) is 18.1 Å². The number of rotatable bonds is 4. The maximum Gasteiger partial charge on any atom is 0.275 e. The van der Waals surface area contributed by atoms with Crippen molar-refractivity contribution >= 4 is 17.6 Å². The zero-order valence-electron chi connectivity index (χ0n) is 14.6. The number of pyridine rings is 1. The van der Waals surface area contributed by atoms with Gasteiger partial charge in [-0.25, -0.2) is 9.37 Å². The Hall–Kier alpha value is -3.75. The van der Waals surface area contributed by atoms with Crippen LogP contribution < -0.4 is 15.4 Å². The van der Waals surface area contributed by atoms with E-state index < -0.39 is 23.7 Å². The van der Waals surface area contributed by atoms with Crippen LogP contribution in [0.25, 0.3) is 0 Å². The first kappa shape index (κ1) is 17.7. The smallest absolute Gasteiger partial charge is 0.275 e. The van der Waals surface area contributed by atoms with Crippen LogP contribution in [0.4, 0.5) is 10.2 Å². The zero-order valence-corrected chi connectivity index (χ0v) is 14.6. The molecular weight excluding hydrogens is 365 g/mol. The molecule has 0 aliphatic carbocycles. The minimum absolute atomic E-state index is 0.109. The highest BCUT2D eigenvalue weighted by molar-refractivity contribution is 6.01. The second kappa shape index (κ2) is 7.47. The minimum atomic E-state index is -1.01. The second-order valence-corrected chi connectivity index (χ2v) is 6.19. The van der Waals surface area contributed by atoms with E-state index in [1.165, 1.54) is 10.9 Å². The van der Waals surface area contributed by atoms with E-state index in [1.807, 2.05) is 30.3 Å². The number of fused-ring (bicyclic) bond motifs is 1. The zero-order chi connectivity index (χ0) is 19.5. The number of carbonyl (C=O) groups excluding carboxylic acids is 2. The normalized spacial score (nSPS) is 15.8. The summed E-state index contributed by atoms with van der Waals surface area (Å²) in [5.74, 6) is -1.41. The lowest BCUT2D eigenvalue weighted by atomic mass is 10.2. The molecule has 0 spiro atoms. The summed E-state index contributed by atoms with van der Waals surface area (Å²) >= 11 is 0. The summed E-state index contributed by atoms with van der Waals surface area (Å²) in [4.78, 5) is 28.8. The molecule has 2 amide bonds. The van der Waals surface area contributed by atoms with Crippen molar-refractivity contribution < 1.29 is 18.7 Å². The van der Waals surface area contributed by atoms with Crippen LogP contribution >= 0.6 is 0 Å². The molecule has 1 atom stereocenters. The van der Waals surface area contributed by atoms with Crippen molar-refractivity contribution in [3.8, 4) is 5.75 Å². The quantitative estimate of drug-likeness (QED) is 0.715. The van der Waals surface area contributed by atoms with Crippen LogP contribution in [0.5, 0.6) is 5.75 Å². The van der Waals surface area contributed by atoms with Gasteiger partial charge in [-0.1, -0.05) is 30.3 Å². The summed E-state index contributed by atoms with van der Waals surface area (Å²) in [6.45, 7) is 0.210. The molecular formula is C19H16FN5O3. The van der Waals surface area contributed by atoms with E-state index in [0.717, 1.165) is 11.8 Å². The van der Waals surface area contributed by atoms with Gasteiger partial charge in [0, 0.05) is 6.20 Å². The number of carbonyl (C=O) groups is 2. The molecule has 0 fully saturated rings. The van der Waals surface area contributed by atoms with Gasteiger partial charge >= 0.3 is 0 Å². The van der Waals surface area contributed by atoms with Gasteiger partial charge in [0.05, 0.1) is 12.7 Å². The second-order valence-electron chi connectivity index (χ2n) is 6.19. The van der Waals surface area contributed by atoms with Crippen LogP contribution in [0.15, 0.2) is 54.9 Å². The Bertz CT molecular complexity index is 1020. The van der Waals surface area contributed by atoms with Gasteiger partial charge in [-0.2, -0.15) is 5.10 Å². The molecule has 3 aromatic rings. The van der Waals surface area contributed by atoms with Gasteiger partial charge in [0.2, 0.25) is 0 Å². The van der Waals surface area contributed by atoms with E-state index in [1.54, 1.807) is 12.1 Å². The fourth-order valence-electron chi connectivity index (χ4n) is 2.79. The number of benzene rings is 1. The standard InChI is InChI=1S/C19H16FN5O3/c20-13-10-25(9-12-5-2-1-3-6-12)24-16(13)19(27)22-14-11-28-15-7-4-8-21-17(15)23-18(14)26/h1-8,10,14H,9,11H2,(H,22,27)(H,21,23,26)/t14-/m0/s1. The van der Waals surface area contributed by atoms with Crippen LogP contribution in [-0.2, 0) is 11.3 Å². The highest BCUT2D eigenvalue weighted by atomic mass is 19.1. The minimum Gasteiger partial charge on any atom is -0.487 e. The number of hydrogen-bond acceptors (Lipinski definition) is 5. The third-order valence-corrected chi connectivity index (χ3v) is 4.16. The number of amides is 2. The van der Waals surface area contributed by atoms with Gasteiger partial charge in [-0.3, -0.25) is 14.3 Å². The largest absolute Gasteiger partial charge is 0.487 e. The molecule has 1 aromatic carbocycles. The van der Waals surface area contributed by atoms with Crippen LogP contribution in [0.2, 0.25) is 0 Å². The van der Waals surface area contributed by atoms with Crippen molar-refractivity contribution in [3.05, 3.63) is 71.9 Å². The fourth-order valence-corrected chi connectivity index (χ4v) is 2.79. The predicted molar refractivity (Wildman–Crippen MR) is 97.3 cm³/mol. The van der Waals surface area contributed by atoms with Crippen molar-refractivity contribution in [1.82, 2.24) is 20.1 Å². The van der Waals surface area contributed by atoms with Gasteiger partial charge < -0.3 is 15.4 Å². The van der Waals surface area contributed by atoms with E-state index in [4.69, 9.17) is 4.74 Å². The maximum absolute atomic E-state index is 14.2. The molecule has 0 radical (unpaired) electrons. The van der Waals surface area contributed by atoms with Crippen molar-refractivity contribution in [2.24, 2.45) is 0 Å². The molecule has 142 valence electrons. The number of nitrogens with one attached hydrogen (secondary N) is 2.